The molecule has 1 aliphatic rings. The SMILES string of the molecule is c1ccc(-c2nc(-c3ccc4ccccc4c3)c3cc(-n4c5cccc6c5c5c7c(cccc7ccc54)-c4ccccc4-6)ccc3n2)cc1. The van der Waals surface area contributed by atoms with Crippen LogP contribution in [-0.4, -0.2) is 14.5 Å². The van der Waals surface area contributed by atoms with Gasteiger partial charge in [-0.3, -0.25) is 0 Å². The summed E-state index contributed by atoms with van der Waals surface area (Å²) in [7, 11) is 0. The zero-order valence-corrected chi connectivity index (χ0v) is 26.4. The largest absolute Gasteiger partial charge is 0.309 e. The molecule has 0 atom stereocenters. The Labute approximate surface area is 282 Å². The first-order valence-corrected chi connectivity index (χ1v) is 16.8. The number of hydrogen-bond donors (Lipinski definition) is 0. The van der Waals surface area contributed by atoms with E-state index >= 15 is 0 Å². The molecule has 0 radical (unpaired) electrons. The fraction of sp³-hybridized carbons (Fsp3) is 0. The molecule has 3 heteroatoms. The first-order chi connectivity index (χ1) is 24.3. The molecule has 2 aromatic heterocycles. The van der Waals surface area contributed by atoms with Crippen LogP contribution < -0.4 is 0 Å². The predicted molar refractivity (Wildman–Crippen MR) is 204 cm³/mol. The van der Waals surface area contributed by atoms with E-state index in [1.165, 1.54) is 65.6 Å². The van der Waals surface area contributed by atoms with Crippen LogP contribution in [0.2, 0.25) is 0 Å². The van der Waals surface area contributed by atoms with E-state index in [4.69, 9.17) is 9.97 Å². The Morgan fingerprint density at radius 2 is 1.06 bits per heavy atom. The molecular formula is C46H27N3. The molecule has 226 valence electrons. The zero-order valence-electron chi connectivity index (χ0n) is 26.4. The second kappa shape index (κ2) is 9.96. The van der Waals surface area contributed by atoms with Gasteiger partial charge in [0, 0.05) is 33.0 Å². The van der Waals surface area contributed by atoms with Gasteiger partial charge in [-0.2, -0.15) is 0 Å². The summed E-state index contributed by atoms with van der Waals surface area (Å²) in [5.41, 5.74) is 12.5. The Balaban J connectivity index is 1.24. The van der Waals surface area contributed by atoms with Gasteiger partial charge in [0.2, 0.25) is 0 Å². The summed E-state index contributed by atoms with van der Waals surface area (Å²) < 4.78 is 2.44. The molecule has 0 unspecified atom stereocenters. The lowest BCUT2D eigenvalue weighted by Crippen LogP contribution is -1.99. The summed E-state index contributed by atoms with van der Waals surface area (Å²) in [6.07, 6.45) is 0. The van der Waals surface area contributed by atoms with E-state index in [1.54, 1.807) is 0 Å². The lowest BCUT2D eigenvalue weighted by molar-refractivity contribution is 1.18. The van der Waals surface area contributed by atoms with Crippen LogP contribution in [0, 0.1) is 0 Å². The Morgan fingerprint density at radius 1 is 0.388 bits per heavy atom. The van der Waals surface area contributed by atoms with Crippen LogP contribution >= 0.6 is 0 Å². The van der Waals surface area contributed by atoms with E-state index in [9.17, 15) is 0 Å². The second-order valence-electron chi connectivity index (χ2n) is 13.0. The molecule has 2 heterocycles. The molecule has 0 amide bonds. The van der Waals surface area contributed by atoms with Crippen LogP contribution in [0.25, 0.3) is 105 Å². The molecule has 0 N–H and O–H groups in total. The standard InChI is InChI=1S/C46H27N3/c1-2-11-30(12-3-1)46-47-39-24-23-33(27-38(39)45(48-46)32-21-20-28-10-4-5-13-31(28)26-32)49-40-19-9-18-37-35-16-7-6-15-34(35)36-17-8-14-29-22-25-41(49)44(42(29)36)43(37)40/h1-27H. The quantitative estimate of drug-likeness (QED) is 0.196. The normalized spacial score (nSPS) is 12.1. The van der Waals surface area contributed by atoms with Crippen LogP contribution in [0.5, 0.6) is 0 Å². The second-order valence-corrected chi connectivity index (χ2v) is 13.0. The molecule has 0 bridgehead atoms. The van der Waals surface area contributed by atoms with Gasteiger partial charge in [-0.25, -0.2) is 9.97 Å². The average molecular weight is 622 g/mol. The molecule has 0 saturated heterocycles. The molecule has 0 aliphatic heterocycles. The zero-order chi connectivity index (χ0) is 32.1. The molecule has 8 aromatic carbocycles. The van der Waals surface area contributed by atoms with E-state index in [0.29, 0.717) is 0 Å². The van der Waals surface area contributed by atoms with Gasteiger partial charge in [0.05, 0.1) is 22.2 Å². The summed E-state index contributed by atoms with van der Waals surface area (Å²) in [5.74, 6) is 0.727. The molecular weight excluding hydrogens is 595 g/mol. The van der Waals surface area contributed by atoms with Crippen molar-refractivity contribution in [2.45, 2.75) is 0 Å². The third-order valence-corrected chi connectivity index (χ3v) is 10.3. The maximum Gasteiger partial charge on any atom is 0.160 e. The molecule has 1 aliphatic carbocycles. The van der Waals surface area contributed by atoms with Gasteiger partial charge in [0.15, 0.2) is 5.82 Å². The van der Waals surface area contributed by atoms with E-state index in [1.807, 2.05) is 18.2 Å². The van der Waals surface area contributed by atoms with Crippen LogP contribution in [-0.2, 0) is 0 Å². The Hall–Kier alpha value is -6.58. The first-order valence-electron chi connectivity index (χ1n) is 16.8. The molecule has 0 saturated carbocycles. The Morgan fingerprint density at radius 3 is 1.92 bits per heavy atom. The van der Waals surface area contributed by atoms with Crippen LogP contribution in [0.3, 0.4) is 0 Å². The monoisotopic (exact) mass is 621 g/mol. The predicted octanol–water partition coefficient (Wildman–Crippen LogP) is 12.0. The van der Waals surface area contributed by atoms with Gasteiger partial charge in [0.25, 0.3) is 0 Å². The summed E-state index contributed by atoms with van der Waals surface area (Å²) >= 11 is 0. The van der Waals surface area contributed by atoms with E-state index in [0.717, 1.165) is 39.2 Å². The minimum Gasteiger partial charge on any atom is -0.309 e. The van der Waals surface area contributed by atoms with Gasteiger partial charge < -0.3 is 4.57 Å². The minimum absolute atomic E-state index is 0.727. The fourth-order valence-corrected chi connectivity index (χ4v) is 8.13. The third-order valence-electron chi connectivity index (χ3n) is 10.3. The minimum atomic E-state index is 0.727. The van der Waals surface area contributed by atoms with Crippen LogP contribution in [0.1, 0.15) is 0 Å². The highest BCUT2D eigenvalue weighted by molar-refractivity contribution is 6.30. The van der Waals surface area contributed by atoms with Crippen LogP contribution in [0.4, 0.5) is 0 Å². The van der Waals surface area contributed by atoms with Crippen molar-refractivity contribution in [1.82, 2.24) is 14.5 Å². The van der Waals surface area contributed by atoms with Crippen molar-refractivity contribution < 1.29 is 0 Å². The third kappa shape index (κ3) is 3.78. The van der Waals surface area contributed by atoms with Crippen molar-refractivity contribution >= 4 is 54.3 Å². The van der Waals surface area contributed by atoms with Crippen molar-refractivity contribution in [1.29, 1.82) is 0 Å². The van der Waals surface area contributed by atoms with Crippen molar-refractivity contribution in [3.8, 4) is 50.6 Å². The number of hydrogen-bond acceptors (Lipinski definition) is 2. The summed E-state index contributed by atoms with van der Waals surface area (Å²) in [6, 6.07) is 59.0. The molecule has 0 fully saturated rings. The van der Waals surface area contributed by atoms with Crippen molar-refractivity contribution in [2.24, 2.45) is 0 Å². The van der Waals surface area contributed by atoms with Gasteiger partial charge in [0.1, 0.15) is 0 Å². The number of rotatable bonds is 3. The first kappa shape index (κ1) is 26.5. The highest BCUT2D eigenvalue weighted by atomic mass is 15.0. The van der Waals surface area contributed by atoms with Crippen molar-refractivity contribution in [2.75, 3.05) is 0 Å². The molecule has 11 rings (SSSR count). The highest BCUT2D eigenvalue weighted by Gasteiger charge is 2.25. The van der Waals surface area contributed by atoms with Crippen LogP contribution in [0.15, 0.2) is 164 Å². The number of aromatic nitrogens is 3. The maximum atomic E-state index is 5.28. The van der Waals surface area contributed by atoms with Gasteiger partial charge in [-0.1, -0.05) is 127 Å². The van der Waals surface area contributed by atoms with E-state index in [-0.39, 0.29) is 0 Å². The number of nitrogens with zero attached hydrogens (tertiary/aromatic N) is 3. The average Bonchev–Trinajstić information content (AvgIpc) is 3.45. The number of fused-ring (bicyclic) bond motifs is 5. The van der Waals surface area contributed by atoms with Gasteiger partial charge in [-0.15, -0.1) is 0 Å². The molecule has 10 aromatic rings. The smallest absolute Gasteiger partial charge is 0.160 e. The molecule has 3 nitrogen and oxygen atoms in total. The van der Waals surface area contributed by atoms with E-state index < -0.39 is 0 Å². The Bertz CT molecular complexity index is 2990. The van der Waals surface area contributed by atoms with E-state index in [2.05, 4.69) is 150 Å². The molecule has 0 spiro atoms. The molecule has 49 heavy (non-hydrogen) atoms. The summed E-state index contributed by atoms with van der Waals surface area (Å²) in [6.45, 7) is 0. The lowest BCUT2D eigenvalue weighted by atomic mass is 9.93. The van der Waals surface area contributed by atoms with Gasteiger partial charge in [-0.05, 0) is 80.2 Å². The lowest BCUT2D eigenvalue weighted by Gasteiger charge is -2.15. The fourth-order valence-electron chi connectivity index (χ4n) is 8.13. The maximum absolute atomic E-state index is 5.28. The van der Waals surface area contributed by atoms with Crippen molar-refractivity contribution in [3.63, 3.8) is 0 Å². The number of benzene rings is 8. The summed E-state index contributed by atoms with van der Waals surface area (Å²) in [4.78, 5) is 10.4. The summed E-state index contributed by atoms with van der Waals surface area (Å²) in [5, 5.41) is 8.61. The Kier molecular flexibility index (Phi) is 5.38. The van der Waals surface area contributed by atoms with Gasteiger partial charge >= 0.3 is 0 Å². The topological polar surface area (TPSA) is 30.7 Å². The highest BCUT2D eigenvalue weighted by Crippen LogP contribution is 2.49. The van der Waals surface area contributed by atoms with Crippen molar-refractivity contribution in [3.05, 3.63) is 164 Å².